The Labute approximate surface area is 204 Å². The van der Waals surface area contributed by atoms with Gasteiger partial charge in [-0.15, -0.1) is 11.8 Å². The molecule has 0 aliphatic carbocycles. The van der Waals surface area contributed by atoms with Crippen molar-refractivity contribution in [3.63, 3.8) is 0 Å². The van der Waals surface area contributed by atoms with E-state index in [2.05, 4.69) is 5.32 Å². The predicted molar refractivity (Wildman–Crippen MR) is 133 cm³/mol. The first-order valence-electron chi connectivity index (χ1n) is 11.2. The molecule has 0 spiro atoms. The summed E-state index contributed by atoms with van der Waals surface area (Å²) in [5, 5.41) is 2.86. The molecule has 182 valence electrons. The summed E-state index contributed by atoms with van der Waals surface area (Å²) in [4.78, 5) is 28.4. The number of sulfonamides is 1. The van der Waals surface area contributed by atoms with Gasteiger partial charge >= 0.3 is 0 Å². The maximum atomic E-state index is 13.2. The number of anilines is 2. The molecule has 1 N–H and O–H groups in total. The molecule has 10 heteroatoms. The van der Waals surface area contributed by atoms with E-state index in [9.17, 15) is 18.0 Å². The van der Waals surface area contributed by atoms with Crippen LogP contribution in [-0.2, 0) is 24.3 Å². The van der Waals surface area contributed by atoms with Gasteiger partial charge in [0.1, 0.15) is 6.54 Å². The second kappa shape index (κ2) is 10.1. The summed E-state index contributed by atoms with van der Waals surface area (Å²) in [6, 6.07) is 10.5. The monoisotopic (exact) mass is 503 g/mol. The highest BCUT2D eigenvalue weighted by molar-refractivity contribution is 7.99. The molecule has 0 unspecified atom stereocenters. The van der Waals surface area contributed by atoms with Crippen LogP contribution in [0.1, 0.15) is 18.1 Å². The molecule has 34 heavy (non-hydrogen) atoms. The minimum Gasteiger partial charge on any atom is -0.379 e. The molecule has 2 heterocycles. The zero-order valence-electron chi connectivity index (χ0n) is 19.5. The lowest BCUT2D eigenvalue weighted by atomic mass is 10.1. The van der Waals surface area contributed by atoms with Crippen molar-refractivity contribution in [3.8, 4) is 0 Å². The minimum atomic E-state index is -3.74. The number of fused-ring (bicyclic) bond motifs is 1. The standard InChI is InChI=1S/C24H29N3O5S2/c1-16-4-5-19(12-17(16)2)25-23(28)14-27-21-13-20(34(30,31)26-8-10-32-11-9-26)6-7-22(21)33-15-18(3)24(27)29/h4-7,12-13,18H,8-11,14-15H2,1-3H3,(H,25,28)/t18-/m0/s1. The normalized spacial score (nSPS) is 19.4. The zero-order valence-corrected chi connectivity index (χ0v) is 21.2. The van der Waals surface area contributed by atoms with E-state index in [0.717, 1.165) is 16.0 Å². The Hall–Kier alpha value is -2.40. The number of nitrogens with zero attached hydrogens (tertiary/aromatic N) is 2. The van der Waals surface area contributed by atoms with E-state index < -0.39 is 10.0 Å². The number of rotatable bonds is 5. The zero-order chi connectivity index (χ0) is 24.5. The Balaban J connectivity index is 1.64. The highest BCUT2D eigenvalue weighted by atomic mass is 32.2. The van der Waals surface area contributed by atoms with Gasteiger partial charge in [0, 0.05) is 35.3 Å². The smallest absolute Gasteiger partial charge is 0.244 e. The van der Waals surface area contributed by atoms with Gasteiger partial charge in [0.2, 0.25) is 21.8 Å². The Morgan fingerprint density at radius 2 is 1.85 bits per heavy atom. The molecule has 0 aromatic heterocycles. The minimum absolute atomic E-state index is 0.107. The third-order valence-corrected chi connectivity index (χ3v) is 9.32. The predicted octanol–water partition coefficient (Wildman–Crippen LogP) is 3.04. The van der Waals surface area contributed by atoms with E-state index in [1.54, 1.807) is 12.1 Å². The van der Waals surface area contributed by atoms with Gasteiger partial charge in [-0.2, -0.15) is 4.31 Å². The largest absolute Gasteiger partial charge is 0.379 e. The topological polar surface area (TPSA) is 96.0 Å². The average molecular weight is 504 g/mol. The number of aryl methyl sites for hydroxylation is 2. The fourth-order valence-corrected chi connectivity index (χ4v) is 6.41. The van der Waals surface area contributed by atoms with Crippen molar-refractivity contribution < 1.29 is 22.7 Å². The van der Waals surface area contributed by atoms with Crippen LogP contribution in [0.15, 0.2) is 46.2 Å². The molecule has 0 radical (unpaired) electrons. The third kappa shape index (κ3) is 5.14. The summed E-state index contributed by atoms with van der Waals surface area (Å²) in [5.41, 5.74) is 3.28. The lowest BCUT2D eigenvalue weighted by molar-refractivity contribution is -0.123. The number of ether oxygens (including phenoxy) is 1. The fourth-order valence-electron chi connectivity index (χ4n) is 3.92. The van der Waals surface area contributed by atoms with Gasteiger partial charge in [-0.1, -0.05) is 13.0 Å². The van der Waals surface area contributed by atoms with Crippen LogP contribution in [-0.4, -0.2) is 63.1 Å². The van der Waals surface area contributed by atoms with Crippen LogP contribution in [0.4, 0.5) is 11.4 Å². The summed E-state index contributed by atoms with van der Waals surface area (Å²) in [7, 11) is -3.74. The molecule has 2 aromatic rings. The Bertz CT molecular complexity index is 1210. The highest BCUT2D eigenvalue weighted by Gasteiger charge is 2.32. The number of amides is 2. The Morgan fingerprint density at radius 3 is 2.56 bits per heavy atom. The van der Waals surface area contributed by atoms with Crippen molar-refractivity contribution in [3.05, 3.63) is 47.5 Å². The molecule has 2 aliphatic heterocycles. The van der Waals surface area contributed by atoms with Crippen molar-refractivity contribution in [1.29, 1.82) is 0 Å². The summed E-state index contributed by atoms with van der Waals surface area (Å²) >= 11 is 1.49. The average Bonchev–Trinajstić information content (AvgIpc) is 2.94. The van der Waals surface area contributed by atoms with E-state index in [1.807, 2.05) is 39.0 Å². The third-order valence-electron chi connectivity index (χ3n) is 6.10. The second-order valence-corrected chi connectivity index (χ2v) is 11.6. The fraction of sp³-hybridized carbons (Fsp3) is 0.417. The molecule has 0 bridgehead atoms. The second-order valence-electron chi connectivity index (χ2n) is 8.63. The quantitative estimate of drug-likeness (QED) is 0.674. The van der Waals surface area contributed by atoms with Gasteiger partial charge in [0.25, 0.3) is 0 Å². The van der Waals surface area contributed by atoms with Crippen molar-refractivity contribution >= 4 is 45.0 Å². The molecular weight excluding hydrogens is 474 g/mol. The van der Waals surface area contributed by atoms with Crippen LogP contribution in [0.25, 0.3) is 0 Å². The van der Waals surface area contributed by atoms with Crippen LogP contribution >= 0.6 is 11.8 Å². The van der Waals surface area contributed by atoms with Gasteiger partial charge in [-0.25, -0.2) is 8.42 Å². The SMILES string of the molecule is Cc1ccc(NC(=O)CN2C(=O)[C@@H](C)CSc3ccc(S(=O)(=O)N4CCOCC4)cc32)cc1C. The molecule has 2 aliphatic rings. The number of hydrogen-bond donors (Lipinski definition) is 1. The van der Waals surface area contributed by atoms with Crippen LogP contribution in [0.2, 0.25) is 0 Å². The molecule has 2 aromatic carbocycles. The Kier molecular flexibility index (Phi) is 7.32. The number of carbonyl (C=O) groups is 2. The number of benzene rings is 2. The molecule has 4 rings (SSSR count). The number of nitrogens with one attached hydrogen (secondary N) is 1. The van der Waals surface area contributed by atoms with Gasteiger partial charge in [-0.05, 0) is 55.3 Å². The first-order valence-corrected chi connectivity index (χ1v) is 13.6. The van der Waals surface area contributed by atoms with E-state index in [1.165, 1.54) is 27.0 Å². The maximum absolute atomic E-state index is 13.2. The van der Waals surface area contributed by atoms with Crippen LogP contribution in [0.3, 0.4) is 0 Å². The number of thioether (sulfide) groups is 1. The molecule has 1 atom stereocenters. The lowest BCUT2D eigenvalue weighted by Crippen LogP contribution is -2.42. The van der Waals surface area contributed by atoms with Gasteiger partial charge < -0.3 is 15.0 Å². The van der Waals surface area contributed by atoms with E-state index in [4.69, 9.17) is 4.74 Å². The first kappa shape index (κ1) is 24.7. The van der Waals surface area contributed by atoms with Crippen LogP contribution in [0.5, 0.6) is 0 Å². The highest BCUT2D eigenvalue weighted by Crippen LogP contribution is 2.38. The number of hydrogen-bond acceptors (Lipinski definition) is 6. The van der Waals surface area contributed by atoms with Crippen molar-refractivity contribution in [2.75, 3.05) is 48.8 Å². The maximum Gasteiger partial charge on any atom is 0.244 e. The molecule has 2 amide bonds. The van der Waals surface area contributed by atoms with Crippen LogP contribution < -0.4 is 10.2 Å². The summed E-state index contributed by atoms with van der Waals surface area (Å²) in [6.45, 7) is 6.84. The number of carbonyl (C=O) groups excluding carboxylic acids is 2. The van der Waals surface area contributed by atoms with Gasteiger partial charge in [0.15, 0.2) is 0 Å². The van der Waals surface area contributed by atoms with Gasteiger partial charge in [-0.3, -0.25) is 9.59 Å². The molecule has 0 saturated carbocycles. The summed E-state index contributed by atoms with van der Waals surface area (Å²) < 4.78 is 33.1. The molecular formula is C24H29N3O5S2. The molecule has 1 saturated heterocycles. The molecule has 1 fully saturated rings. The van der Waals surface area contributed by atoms with E-state index in [-0.39, 0.29) is 42.3 Å². The van der Waals surface area contributed by atoms with E-state index >= 15 is 0 Å². The molecule has 8 nitrogen and oxygen atoms in total. The lowest BCUT2D eigenvalue weighted by Gasteiger charge is -2.27. The summed E-state index contributed by atoms with van der Waals surface area (Å²) in [5.74, 6) is -0.312. The van der Waals surface area contributed by atoms with Crippen molar-refractivity contribution in [2.24, 2.45) is 5.92 Å². The number of morpholine rings is 1. The van der Waals surface area contributed by atoms with E-state index in [0.29, 0.717) is 30.3 Å². The Morgan fingerprint density at radius 1 is 1.12 bits per heavy atom. The summed E-state index contributed by atoms with van der Waals surface area (Å²) in [6.07, 6.45) is 0. The van der Waals surface area contributed by atoms with Crippen molar-refractivity contribution in [1.82, 2.24) is 4.31 Å². The van der Waals surface area contributed by atoms with Gasteiger partial charge in [0.05, 0.1) is 23.8 Å². The van der Waals surface area contributed by atoms with Crippen LogP contribution in [0, 0.1) is 19.8 Å². The van der Waals surface area contributed by atoms with Crippen molar-refractivity contribution in [2.45, 2.75) is 30.6 Å². The first-order chi connectivity index (χ1) is 16.2.